The molecule has 3 N–H and O–H groups in total. The second-order valence-corrected chi connectivity index (χ2v) is 5.69. The first-order valence-corrected chi connectivity index (χ1v) is 6.55. The number of hydrogen-bond acceptors (Lipinski definition) is 5. The first-order chi connectivity index (χ1) is 7.75. The first kappa shape index (κ1) is 10.2. The molecule has 0 amide bonds. The molecule has 1 aromatic heterocycles. The summed E-state index contributed by atoms with van der Waals surface area (Å²) in [4.78, 5) is 0. The monoisotopic (exact) mass is 239 g/mol. The molecule has 3 rings (SSSR count). The molecule has 1 aromatic rings. The van der Waals surface area contributed by atoms with Gasteiger partial charge in [-0.25, -0.2) is 0 Å². The van der Waals surface area contributed by atoms with Gasteiger partial charge < -0.3 is 15.8 Å². The van der Waals surface area contributed by atoms with Crippen LogP contribution in [0.5, 0.6) is 5.75 Å². The highest BCUT2D eigenvalue weighted by Gasteiger charge is 2.53. The first-order valence-electron chi connectivity index (χ1n) is 5.78. The van der Waals surface area contributed by atoms with Crippen LogP contribution in [0.3, 0.4) is 0 Å². The van der Waals surface area contributed by atoms with E-state index in [0.29, 0.717) is 17.0 Å². The van der Waals surface area contributed by atoms with Crippen molar-refractivity contribution in [3.8, 4) is 5.75 Å². The zero-order chi connectivity index (χ0) is 11.2. The van der Waals surface area contributed by atoms with Crippen LogP contribution >= 0.6 is 11.5 Å². The van der Waals surface area contributed by atoms with Crippen LogP contribution in [0.1, 0.15) is 25.7 Å². The van der Waals surface area contributed by atoms with E-state index in [-0.39, 0.29) is 0 Å². The van der Waals surface area contributed by atoms with Crippen LogP contribution in [0.25, 0.3) is 0 Å². The van der Waals surface area contributed by atoms with E-state index in [1.54, 1.807) is 7.11 Å². The molecule has 0 atom stereocenters. The SMILES string of the molecule is COc1c(N)nsc1NCC1(C2CC2)CC1. The number of ether oxygens (including phenoxy) is 1. The summed E-state index contributed by atoms with van der Waals surface area (Å²) in [5.41, 5.74) is 6.30. The highest BCUT2D eigenvalue weighted by atomic mass is 32.1. The van der Waals surface area contributed by atoms with Crippen LogP contribution in [0.4, 0.5) is 10.8 Å². The van der Waals surface area contributed by atoms with E-state index in [1.165, 1.54) is 37.2 Å². The number of nitrogens with zero attached hydrogens (tertiary/aromatic N) is 1. The van der Waals surface area contributed by atoms with E-state index in [4.69, 9.17) is 10.5 Å². The average Bonchev–Trinajstić information content (AvgIpc) is 3.13. The van der Waals surface area contributed by atoms with Gasteiger partial charge in [-0.15, -0.1) is 0 Å². The summed E-state index contributed by atoms with van der Waals surface area (Å²) in [7, 11) is 1.64. The number of aromatic nitrogens is 1. The normalized spacial score (nSPS) is 21.8. The molecule has 4 nitrogen and oxygen atoms in total. The van der Waals surface area contributed by atoms with Crippen LogP contribution in [0.2, 0.25) is 0 Å². The predicted octanol–water partition coefficient (Wildman–Crippen LogP) is 2.34. The lowest BCUT2D eigenvalue weighted by atomic mass is 10.0. The third-order valence-corrected chi connectivity index (χ3v) is 4.62. The molecule has 88 valence electrons. The minimum Gasteiger partial charge on any atom is -0.490 e. The molecule has 5 heteroatoms. The highest BCUT2D eigenvalue weighted by Crippen LogP contribution is 2.61. The van der Waals surface area contributed by atoms with Crippen molar-refractivity contribution < 1.29 is 4.74 Å². The molecule has 0 bridgehead atoms. The number of nitrogens with two attached hydrogens (primary N) is 1. The van der Waals surface area contributed by atoms with Gasteiger partial charge in [0, 0.05) is 6.54 Å². The van der Waals surface area contributed by atoms with Gasteiger partial charge in [-0.1, -0.05) is 0 Å². The molecule has 0 unspecified atom stereocenters. The number of rotatable bonds is 5. The number of nitrogens with one attached hydrogen (secondary N) is 1. The van der Waals surface area contributed by atoms with E-state index < -0.39 is 0 Å². The van der Waals surface area contributed by atoms with Gasteiger partial charge in [0.05, 0.1) is 7.11 Å². The van der Waals surface area contributed by atoms with Crippen molar-refractivity contribution in [3.63, 3.8) is 0 Å². The Kier molecular flexibility index (Phi) is 2.24. The summed E-state index contributed by atoms with van der Waals surface area (Å²) in [5.74, 6) is 2.17. The molecule has 0 spiro atoms. The van der Waals surface area contributed by atoms with Gasteiger partial charge in [-0.3, -0.25) is 0 Å². The van der Waals surface area contributed by atoms with Gasteiger partial charge in [-0.2, -0.15) is 4.37 Å². The van der Waals surface area contributed by atoms with E-state index in [1.807, 2.05) is 0 Å². The fraction of sp³-hybridized carbons (Fsp3) is 0.727. The standard InChI is InChI=1S/C11H17N3OS/c1-15-8-9(12)14-16-10(8)13-6-11(4-5-11)7-2-3-7/h7,13H,2-6H2,1H3,(H2,12,14). The molecule has 1 heterocycles. The maximum Gasteiger partial charge on any atom is 0.197 e. The van der Waals surface area contributed by atoms with Crippen molar-refractivity contribution in [3.05, 3.63) is 0 Å². The lowest BCUT2D eigenvalue weighted by Gasteiger charge is -2.15. The Morgan fingerprint density at radius 1 is 1.56 bits per heavy atom. The number of methoxy groups -OCH3 is 1. The minimum absolute atomic E-state index is 0.492. The van der Waals surface area contributed by atoms with Crippen molar-refractivity contribution >= 4 is 22.4 Å². The lowest BCUT2D eigenvalue weighted by molar-refractivity contribution is 0.417. The van der Waals surface area contributed by atoms with E-state index >= 15 is 0 Å². The molecule has 2 aliphatic rings. The van der Waals surface area contributed by atoms with E-state index in [2.05, 4.69) is 9.69 Å². The fourth-order valence-electron chi connectivity index (χ4n) is 2.45. The van der Waals surface area contributed by atoms with Crippen LogP contribution in [0.15, 0.2) is 0 Å². The van der Waals surface area contributed by atoms with E-state index in [0.717, 1.165) is 17.5 Å². The van der Waals surface area contributed by atoms with Crippen molar-refractivity contribution in [2.45, 2.75) is 25.7 Å². The smallest absolute Gasteiger partial charge is 0.197 e. The summed E-state index contributed by atoms with van der Waals surface area (Å²) in [6.45, 7) is 1.05. The van der Waals surface area contributed by atoms with Gasteiger partial charge in [-0.05, 0) is 48.5 Å². The van der Waals surface area contributed by atoms with Gasteiger partial charge >= 0.3 is 0 Å². The molecule has 2 fully saturated rings. The molecule has 0 saturated heterocycles. The van der Waals surface area contributed by atoms with Crippen molar-refractivity contribution in [1.29, 1.82) is 0 Å². The van der Waals surface area contributed by atoms with Crippen LogP contribution in [-0.4, -0.2) is 18.0 Å². The summed E-state index contributed by atoms with van der Waals surface area (Å²) in [5, 5.41) is 4.44. The predicted molar refractivity (Wildman–Crippen MR) is 66.0 cm³/mol. The summed E-state index contributed by atoms with van der Waals surface area (Å²) in [6.07, 6.45) is 5.59. The molecule has 2 saturated carbocycles. The van der Waals surface area contributed by atoms with E-state index in [9.17, 15) is 0 Å². The van der Waals surface area contributed by atoms with Crippen LogP contribution in [0, 0.1) is 11.3 Å². The third kappa shape index (κ3) is 1.63. The Morgan fingerprint density at radius 2 is 2.31 bits per heavy atom. The Hall–Kier alpha value is -0.970. The topological polar surface area (TPSA) is 60.2 Å². The Labute approximate surface area is 99.3 Å². The number of anilines is 2. The van der Waals surface area contributed by atoms with Crippen LogP contribution in [-0.2, 0) is 0 Å². The zero-order valence-electron chi connectivity index (χ0n) is 9.45. The Morgan fingerprint density at radius 3 is 2.88 bits per heavy atom. The van der Waals surface area contributed by atoms with Crippen molar-refractivity contribution in [1.82, 2.24) is 4.37 Å². The van der Waals surface area contributed by atoms with Crippen molar-refractivity contribution in [2.24, 2.45) is 11.3 Å². The Bertz CT molecular complexity index is 396. The molecule has 2 aliphatic carbocycles. The quantitative estimate of drug-likeness (QED) is 0.828. The average molecular weight is 239 g/mol. The molecule has 0 aromatic carbocycles. The lowest BCUT2D eigenvalue weighted by Crippen LogP contribution is -2.17. The van der Waals surface area contributed by atoms with Crippen molar-refractivity contribution in [2.75, 3.05) is 24.7 Å². The summed E-state index contributed by atoms with van der Waals surface area (Å²) < 4.78 is 9.34. The second kappa shape index (κ2) is 3.52. The van der Waals surface area contributed by atoms with Gasteiger partial charge in [0.15, 0.2) is 16.6 Å². The van der Waals surface area contributed by atoms with Gasteiger partial charge in [0.25, 0.3) is 0 Å². The molecule has 0 radical (unpaired) electrons. The second-order valence-electron chi connectivity index (χ2n) is 4.92. The minimum atomic E-state index is 0.492. The highest BCUT2D eigenvalue weighted by molar-refractivity contribution is 7.11. The zero-order valence-corrected chi connectivity index (χ0v) is 10.3. The molecule has 0 aliphatic heterocycles. The maximum atomic E-state index is 5.71. The number of nitrogen functional groups attached to an aromatic ring is 1. The fourth-order valence-corrected chi connectivity index (χ4v) is 3.13. The van der Waals surface area contributed by atoms with Gasteiger partial charge in [0.1, 0.15) is 0 Å². The molecular formula is C11H17N3OS. The summed E-state index contributed by atoms with van der Waals surface area (Å²) >= 11 is 1.39. The largest absolute Gasteiger partial charge is 0.490 e. The third-order valence-electron chi connectivity index (χ3n) is 3.81. The number of hydrogen-bond donors (Lipinski definition) is 2. The Balaban J connectivity index is 1.65. The summed E-state index contributed by atoms with van der Waals surface area (Å²) in [6, 6.07) is 0. The van der Waals surface area contributed by atoms with Crippen LogP contribution < -0.4 is 15.8 Å². The molecular weight excluding hydrogens is 222 g/mol. The maximum absolute atomic E-state index is 5.71. The van der Waals surface area contributed by atoms with Gasteiger partial charge in [0.2, 0.25) is 0 Å². The molecule has 16 heavy (non-hydrogen) atoms.